The molecule has 2 aromatic rings. The highest BCUT2D eigenvalue weighted by atomic mass is 32.2. The molecule has 1 fully saturated rings. The third-order valence-corrected chi connectivity index (χ3v) is 5.60. The Balaban J connectivity index is 1.77. The number of ether oxygens (including phenoxy) is 3. The van der Waals surface area contributed by atoms with E-state index in [1.165, 1.54) is 0 Å². The van der Waals surface area contributed by atoms with Crippen molar-refractivity contribution in [2.75, 3.05) is 7.11 Å². The second-order valence-electron chi connectivity index (χ2n) is 6.09. The molecule has 25 heavy (non-hydrogen) atoms. The van der Waals surface area contributed by atoms with Crippen molar-refractivity contribution in [3.63, 3.8) is 0 Å². The summed E-state index contributed by atoms with van der Waals surface area (Å²) in [6, 6.07) is 20.0. The second kappa shape index (κ2) is 8.83. The Bertz CT molecular complexity index is 637. The highest BCUT2D eigenvalue weighted by molar-refractivity contribution is 8.00. The number of methoxy groups -OCH3 is 1. The van der Waals surface area contributed by atoms with Crippen LogP contribution in [0, 0.1) is 0 Å². The van der Waals surface area contributed by atoms with Crippen LogP contribution in [-0.2, 0) is 20.8 Å². The minimum absolute atomic E-state index is 0.165. The van der Waals surface area contributed by atoms with Crippen LogP contribution in [-0.4, -0.2) is 42.1 Å². The monoisotopic (exact) mass is 360 g/mol. The molecular weight excluding hydrogens is 336 g/mol. The number of rotatable bonds is 6. The Hall–Kier alpha value is -1.37. The summed E-state index contributed by atoms with van der Waals surface area (Å²) in [6.45, 7) is 2.29. The van der Waals surface area contributed by atoms with Crippen molar-refractivity contribution in [1.82, 2.24) is 0 Å². The lowest BCUT2D eigenvalue weighted by molar-refractivity contribution is -0.242. The van der Waals surface area contributed by atoms with Gasteiger partial charge in [-0.2, -0.15) is 0 Å². The van der Waals surface area contributed by atoms with Gasteiger partial charge in [-0.05, 0) is 24.6 Å². The van der Waals surface area contributed by atoms with Crippen molar-refractivity contribution in [1.29, 1.82) is 0 Å². The molecule has 1 N–H and O–H groups in total. The summed E-state index contributed by atoms with van der Waals surface area (Å²) in [6.07, 6.45) is -1.89. The molecule has 1 heterocycles. The van der Waals surface area contributed by atoms with Crippen molar-refractivity contribution in [3.8, 4) is 0 Å². The van der Waals surface area contributed by atoms with Crippen LogP contribution in [0.5, 0.6) is 0 Å². The molecule has 0 spiro atoms. The molecule has 1 saturated heterocycles. The maximum Gasteiger partial charge on any atom is 0.172 e. The third-order valence-electron chi connectivity index (χ3n) is 4.29. The zero-order chi connectivity index (χ0) is 17.6. The van der Waals surface area contributed by atoms with Gasteiger partial charge in [0, 0.05) is 12.0 Å². The van der Waals surface area contributed by atoms with Gasteiger partial charge in [-0.25, -0.2) is 0 Å². The summed E-state index contributed by atoms with van der Waals surface area (Å²) in [4.78, 5) is 1.09. The maximum atomic E-state index is 10.7. The van der Waals surface area contributed by atoms with Crippen LogP contribution in [0.3, 0.4) is 0 Å². The highest BCUT2D eigenvalue weighted by Gasteiger charge is 2.45. The molecule has 4 nitrogen and oxygen atoms in total. The van der Waals surface area contributed by atoms with Crippen molar-refractivity contribution in [2.45, 2.75) is 48.3 Å². The van der Waals surface area contributed by atoms with Crippen LogP contribution >= 0.6 is 11.8 Å². The lowest BCUT2D eigenvalue weighted by Gasteiger charge is -2.42. The molecule has 3 rings (SSSR count). The van der Waals surface area contributed by atoms with E-state index >= 15 is 0 Å². The first kappa shape index (κ1) is 18.4. The fourth-order valence-corrected chi connectivity index (χ4v) is 4.20. The number of aliphatic hydroxyl groups is 1. The van der Waals surface area contributed by atoms with Gasteiger partial charge in [0.2, 0.25) is 0 Å². The van der Waals surface area contributed by atoms with E-state index in [2.05, 4.69) is 0 Å². The molecular formula is C20H24O4S. The van der Waals surface area contributed by atoms with Crippen LogP contribution in [0.25, 0.3) is 0 Å². The number of thioether (sulfide) groups is 1. The first-order valence-electron chi connectivity index (χ1n) is 8.42. The largest absolute Gasteiger partial charge is 0.388 e. The zero-order valence-electron chi connectivity index (χ0n) is 14.4. The highest BCUT2D eigenvalue weighted by Crippen LogP contribution is 2.36. The number of aliphatic hydroxyl groups excluding tert-OH is 1. The lowest BCUT2D eigenvalue weighted by atomic mass is 10.0. The standard InChI is InChI=1S/C20H24O4S/c1-14-17(21)18(23-13-15-9-5-3-6-10-15)19(20(22-2)24-14)25-16-11-7-4-8-12-16/h3-12,14,17-21H,13H2,1-2H3/t14-,17-,18+,19-,20-/m1/s1. The van der Waals surface area contributed by atoms with E-state index in [0.717, 1.165) is 10.5 Å². The molecule has 1 aliphatic heterocycles. The molecule has 1 aliphatic rings. The van der Waals surface area contributed by atoms with Crippen LogP contribution in [0.4, 0.5) is 0 Å². The molecule has 5 heteroatoms. The van der Waals surface area contributed by atoms with Crippen LogP contribution in [0.2, 0.25) is 0 Å². The topological polar surface area (TPSA) is 47.9 Å². The number of hydrogen-bond donors (Lipinski definition) is 1. The van der Waals surface area contributed by atoms with Crippen molar-refractivity contribution in [3.05, 3.63) is 66.2 Å². The maximum absolute atomic E-state index is 10.7. The fraction of sp³-hybridized carbons (Fsp3) is 0.400. The molecule has 134 valence electrons. The SMILES string of the molecule is CO[C@@H]1O[C@H](C)[C@@H](O)[C@H](OCc2ccccc2)[C@H]1Sc1ccccc1. The molecule has 0 saturated carbocycles. The zero-order valence-corrected chi connectivity index (χ0v) is 15.3. The molecule has 2 aromatic carbocycles. The van der Waals surface area contributed by atoms with Gasteiger partial charge < -0.3 is 19.3 Å². The third kappa shape index (κ3) is 4.63. The first-order valence-corrected chi connectivity index (χ1v) is 9.30. The lowest BCUT2D eigenvalue weighted by Crippen LogP contribution is -2.56. The van der Waals surface area contributed by atoms with Gasteiger partial charge in [0.15, 0.2) is 6.29 Å². The minimum atomic E-state index is -0.712. The Kier molecular flexibility index (Phi) is 6.51. The second-order valence-corrected chi connectivity index (χ2v) is 7.34. The van der Waals surface area contributed by atoms with E-state index in [1.54, 1.807) is 18.9 Å². The minimum Gasteiger partial charge on any atom is -0.388 e. The van der Waals surface area contributed by atoms with Crippen molar-refractivity contribution < 1.29 is 19.3 Å². The summed E-state index contributed by atoms with van der Waals surface area (Å²) < 4.78 is 17.5. The van der Waals surface area contributed by atoms with Crippen LogP contribution in [0.1, 0.15) is 12.5 Å². The molecule has 5 atom stereocenters. The number of benzene rings is 2. The average Bonchev–Trinajstić information content (AvgIpc) is 2.66. The fourth-order valence-electron chi connectivity index (χ4n) is 2.91. The van der Waals surface area contributed by atoms with Crippen LogP contribution < -0.4 is 0 Å². The van der Waals surface area contributed by atoms with E-state index in [9.17, 15) is 5.11 Å². The predicted octanol–water partition coefficient (Wildman–Crippen LogP) is 3.48. The van der Waals surface area contributed by atoms with Crippen LogP contribution in [0.15, 0.2) is 65.6 Å². The van der Waals surface area contributed by atoms with E-state index in [-0.39, 0.29) is 17.5 Å². The summed E-state index contributed by atoms with van der Waals surface area (Å²) in [5.41, 5.74) is 1.08. The van der Waals surface area contributed by atoms with E-state index in [0.29, 0.717) is 6.61 Å². The van der Waals surface area contributed by atoms with E-state index in [4.69, 9.17) is 14.2 Å². The molecule has 0 aliphatic carbocycles. The molecule has 0 radical (unpaired) electrons. The first-order chi connectivity index (χ1) is 12.2. The summed E-state index contributed by atoms with van der Waals surface area (Å²) in [5, 5.41) is 10.5. The van der Waals surface area contributed by atoms with Gasteiger partial charge in [0.1, 0.15) is 12.2 Å². The van der Waals surface area contributed by atoms with Gasteiger partial charge in [-0.15, -0.1) is 11.8 Å². The Morgan fingerprint density at radius 1 is 1.04 bits per heavy atom. The van der Waals surface area contributed by atoms with Gasteiger partial charge in [-0.1, -0.05) is 48.5 Å². The average molecular weight is 360 g/mol. The van der Waals surface area contributed by atoms with Gasteiger partial charge in [0.25, 0.3) is 0 Å². The smallest absolute Gasteiger partial charge is 0.172 e. The Labute approximate surface area is 153 Å². The molecule has 0 aromatic heterocycles. The Morgan fingerprint density at radius 2 is 1.68 bits per heavy atom. The van der Waals surface area contributed by atoms with Gasteiger partial charge in [-0.3, -0.25) is 0 Å². The van der Waals surface area contributed by atoms with Crippen molar-refractivity contribution >= 4 is 11.8 Å². The normalized spacial score (nSPS) is 29.5. The molecule has 0 amide bonds. The summed E-state index contributed by atoms with van der Waals surface area (Å²) in [7, 11) is 1.63. The predicted molar refractivity (Wildman–Crippen MR) is 98.5 cm³/mol. The van der Waals surface area contributed by atoms with E-state index < -0.39 is 12.4 Å². The van der Waals surface area contributed by atoms with Gasteiger partial charge >= 0.3 is 0 Å². The Morgan fingerprint density at radius 3 is 2.32 bits per heavy atom. The summed E-state index contributed by atoms with van der Waals surface area (Å²) in [5.74, 6) is 0. The number of hydrogen-bond acceptors (Lipinski definition) is 5. The quantitative estimate of drug-likeness (QED) is 0.855. The molecule has 0 bridgehead atoms. The van der Waals surface area contributed by atoms with Gasteiger partial charge in [0.05, 0.1) is 18.0 Å². The van der Waals surface area contributed by atoms with E-state index in [1.807, 2.05) is 67.6 Å². The summed E-state index contributed by atoms with van der Waals surface area (Å²) >= 11 is 1.61. The molecule has 0 unspecified atom stereocenters. The van der Waals surface area contributed by atoms with Crippen molar-refractivity contribution in [2.24, 2.45) is 0 Å².